The fraction of sp³-hybridized carbons (Fsp3) is 0.200. The number of nitrogens with zero attached hydrogens (tertiary/aromatic N) is 3. The molecule has 1 heterocycles. The van der Waals surface area contributed by atoms with Crippen LogP contribution in [0.5, 0.6) is 0 Å². The predicted molar refractivity (Wildman–Crippen MR) is 68.5 cm³/mol. The van der Waals surface area contributed by atoms with Crippen molar-refractivity contribution >= 4 is 39.1 Å². The van der Waals surface area contributed by atoms with Crippen molar-refractivity contribution in [2.75, 3.05) is 5.88 Å². The summed E-state index contributed by atoms with van der Waals surface area (Å²) in [5.41, 5.74) is 1.77. The number of hydrogen-bond acceptors (Lipinski definition) is 2. The molecule has 84 valence electrons. The van der Waals surface area contributed by atoms with Gasteiger partial charge in [-0.15, -0.1) is 16.7 Å². The molecule has 16 heavy (non-hydrogen) atoms. The first kappa shape index (κ1) is 11.9. The van der Waals surface area contributed by atoms with Crippen molar-refractivity contribution < 1.29 is 0 Å². The van der Waals surface area contributed by atoms with Crippen molar-refractivity contribution in [1.82, 2.24) is 15.0 Å². The summed E-state index contributed by atoms with van der Waals surface area (Å²) in [6, 6.07) is 5.51. The largest absolute Gasteiger partial charge is 0.219 e. The van der Waals surface area contributed by atoms with Gasteiger partial charge in [0.2, 0.25) is 0 Å². The van der Waals surface area contributed by atoms with Crippen molar-refractivity contribution in [2.24, 2.45) is 0 Å². The molecule has 6 heteroatoms. The number of rotatable bonds is 3. The van der Waals surface area contributed by atoms with E-state index in [2.05, 4.69) is 26.2 Å². The van der Waals surface area contributed by atoms with E-state index in [0.717, 1.165) is 15.9 Å². The molecule has 0 saturated carbocycles. The number of benzene rings is 1. The number of aryl methyl sites for hydroxylation is 1. The van der Waals surface area contributed by atoms with E-state index in [9.17, 15) is 0 Å². The normalized spacial score (nSPS) is 10.7. The fourth-order valence-electron chi connectivity index (χ4n) is 1.29. The molecule has 0 unspecified atom stereocenters. The average Bonchev–Trinajstić information content (AvgIpc) is 2.67. The van der Waals surface area contributed by atoms with Crippen LogP contribution in [0.2, 0.25) is 5.02 Å². The highest BCUT2D eigenvalue weighted by Crippen LogP contribution is 2.24. The number of alkyl halides is 1. The smallest absolute Gasteiger partial charge is 0.0843 e. The molecule has 0 radical (unpaired) electrons. The van der Waals surface area contributed by atoms with Gasteiger partial charge in [-0.05, 0) is 34.1 Å². The van der Waals surface area contributed by atoms with E-state index in [4.69, 9.17) is 23.2 Å². The Morgan fingerprint density at radius 3 is 2.88 bits per heavy atom. The second-order valence-corrected chi connectivity index (χ2v) is 4.86. The minimum absolute atomic E-state index is 0.542. The van der Waals surface area contributed by atoms with E-state index < -0.39 is 0 Å². The van der Waals surface area contributed by atoms with Gasteiger partial charge in [-0.2, -0.15) is 0 Å². The van der Waals surface area contributed by atoms with Gasteiger partial charge in [0.15, 0.2) is 0 Å². The molecular weight excluding hydrogens is 313 g/mol. The molecule has 0 bridgehead atoms. The first-order chi connectivity index (χ1) is 7.70. The lowest BCUT2D eigenvalue weighted by molar-refractivity contribution is 0.795. The van der Waals surface area contributed by atoms with E-state index in [0.29, 0.717) is 17.3 Å². The summed E-state index contributed by atoms with van der Waals surface area (Å²) in [5, 5.41) is 8.73. The number of hydrogen-bond donors (Lipinski definition) is 0. The summed E-state index contributed by atoms with van der Waals surface area (Å²) in [4.78, 5) is 0. The van der Waals surface area contributed by atoms with Crippen LogP contribution in [0.3, 0.4) is 0 Å². The predicted octanol–water partition coefficient (Wildman–Crippen LogP) is 3.46. The highest BCUT2D eigenvalue weighted by molar-refractivity contribution is 9.10. The van der Waals surface area contributed by atoms with Crippen LogP contribution in [0.25, 0.3) is 5.69 Å². The Balaban J connectivity index is 2.35. The lowest BCUT2D eigenvalue weighted by atomic mass is 10.3. The molecule has 0 aliphatic rings. The third-order valence-electron chi connectivity index (χ3n) is 2.05. The molecule has 0 N–H and O–H groups in total. The van der Waals surface area contributed by atoms with Gasteiger partial charge in [-0.1, -0.05) is 16.8 Å². The van der Waals surface area contributed by atoms with Crippen LogP contribution in [0.1, 0.15) is 5.69 Å². The van der Waals surface area contributed by atoms with Gasteiger partial charge in [-0.3, -0.25) is 0 Å². The Labute approximate surface area is 111 Å². The summed E-state index contributed by atoms with van der Waals surface area (Å²) >= 11 is 14.9. The third-order valence-corrected chi connectivity index (χ3v) is 3.11. The van der Waals surface area contributed by atoms with Crippen LogP contribution >= 0.6 is 39.1 Å². The first-order valence-corrected chi connectivity index (χ1v) is 6.34. The molecule has 0 amide bonds. The van der Waals surface area contributed by atoms with Crippen molar-refractivity contribution in [3.05, 3.63) is 39.6 Å². The summed E-state index contributed by atoms with van der Waals surface area (Å²) in [6.45, 7) is 0. The zero-order chi connectivity index (χ0) is 11.5. The van der Waals surface area contributed by atoms with Crippen molar-refractivity contribution in [3.63, 3.8) is 0 Å². The molecule has 3 nitrogen and oxygen atoms in total. The van der Waals surface area contributed by atoms with E-state index in [1.807, 2.05) is 24.4 Å². The quantitative estimate of drug-likeness (QED) is 0.811. The van der Waals surface area contributed by atoms with Gasteiger partial charge in [0.05, 0.1) is 17.6 Å². The first-order valence-electron chi connectivity index (χ1n) is 4.63. The number of aromatic nitrogens is 3. The lowest BCUT2D eigenvalue weighted by Gasteiger charge is -2.03. The Hall–Kier alpha value is -0.580. The minimum Gasteiger partial charge on any atom is -0.219 e. The van der Waals surface area contributed by atoms with Crippen LogP contribution in [-0.2, 0) is 6.42 Å². The summed E-state index contributed by atoms with van der Waals surface area (Å²) in [6.07, 6.45) is 2.57. The Morgan fingerprint density at radius 1 is 1.38 bits per heavy atom. The Morgan fingerprint density at radius 2 is 2.19 bits per heavy atom. The highest BCUT2D eigenvalue weighted by Gasteiger charge is 2.06. The molecular formula is C10H8BrCl2N3. The molecule has 0 saturated heterocycles. The summed E-state index contributed by atoms with van der Waals surface area (Å²) in [5.74, 6) is 0.542. The molecule has 0 aliphatic heterocycles. The van der Waals surface area contributed by atoms with Gasteiger partial charge >= 0.3 is 0 Å². The Kier molecular flexibility index (Phi) is 3.84. The van der Waals surface area contributed by atoms with Crippen LogP contribution < -0.4 is 0 Å². The average molecular weight is 321 g/mol. The van der Waals surface area contributed by atoms with Crippen molar-refractivity contribution in [1.29, 1.82) is 0 Å². The molecule has 1 aromatic heterocycles. The second kappa shape index (κ2) is 5.17. The summed E-state index contributed by atoms with van der Waals surface area (Å²) in [7, 11) is 0. The third kappa shape index (κ3) is 2.56. The van der Waals surface area contributed by atoms with Gasteiger partial charge in [-0.25, -0.2) is 4.68 Å². The number of halogens is 3. The molecule has 2 aromatic rings. The van der Waals surface area contributed by atoms with Crippen LogP contribution in [0.4, 0.5) is 0 Å². The van der Waals surface area contributed by atoms with E-state index >= 15 is 0 Å². The fourth-order valence-corrected chi connectivity index (χ4v) is 2.35. The topological polar surface area (TPSA) is 30.7 Å². The van der Waals surface area contributed by atoms with Crippen molar-refractivity contribution in [2.45, 2.75) is 6.42 Å². The van der Waals surface area contributed by atoms with Gasteiger partial charge in [0.1, 0.15) is 0 Å². The van der Waals surface area contributed by atoms with E-state index in [-0.39, 0.29) is 0 Å². The molecule has 1 aromatic carbocycles. The van der Waals surface area contributed by atoms with Gasteiger partial charge < -0.3 is 0 Å². The minimum atomic E-state index is 0.542. The molecule has 2 rings (SSSR count). The lowest BCUT2D eigenvalue weighted by Crippen LogP contribution is -1.95. The molecule has 0 fully saturated rings. The van der Waals surface area contributed by atoms with Crippen LogP contribution in [-0.4, -0.2) is 20.9 Å². The second-order valence-electron chi connectivity index (χ2n) is 3.19. The summed E-state index contributed by atoms with van der Waals surface area (Å²) < 4.78 is 2.57. The monoisotopic (exact) mass is 319 g/mol. The molecule has 0 atom stereocenters. The standard InChI is InChI=1S/C10H8BrCl2N3/c11-9-5-7(13)1-2-10(9)16-6-8(3-4-12)14-15-16/h1-2,5-6H,3-4H2. The SMILES string of the molecule is ClCCc1cn(-c2ccc(Cl)cc2Br)nn1. The van der Waals surface area contributed by atoms with E-state index in [1.54, 1.807) is 4.68 Å². The zero-order valence-corrected chi connectivity index (χ0v) is 11.3. The van der Waals surface area contributed by atoms with E-state index in [1.165, 1.54) is 0 Å². The van der Waals surface area contributed by atoms with Crippen LogP contribution in [0.15, 0.2) is 28.9 Å². The molecule has 0 aliphatic carbocycles. The maximum absolute atomic E-state index is 5.87. The maximum atomic E-state index is 5.87. The van der Waals surface area contributed by atoms with Gasteiger partial charge in [0, 0.05) is 21.8 Å². The zero-order valence-electron chi connectivity index (χ0n) is 8.20. The van der Waals surface area contributed by atoms with Gasteiger partial charge in [0.25, 0.3) is 0 Å². The van der Waals surface area contributed by atoms with Crippen LogP contribution in [0, 0.1) is 0 Å². The highest BCUT2D eigenvalue weighted by atomic mass is 79.9. The van der Waals surface area contributed by atoms with Crippen molar-refractivity contribution in [3.8, 4) is 5.69 Å². The maximum Gasteiger partial charge on any atom is 0.0843 e. The Bertz CT molecular complexity index is 499. The molecule has 0 spiro atoms.